The van der Waals surface area contributed by atoms with Gasteiger partial charge in [0.25, 0.3) is 0 Å². The number of rotatable bonds is 1. The highest BCUT2D eigenvalue weighted by Crippen LogP contribution is 2.35. The van der Waals surface area contributed by atoms with E-state index in [0.29, 0.717) is 5.57 Å². The van der Waals surface area contributed by atoms with Gasteiger partial charge in [-0.05, 0) is 25.0 Å². The lowest BCUT2D eigenvalue weighted by molar-refractivity contribution is 0.132. The first kappa shape index (κ1) is 10.8. The van der Waals surface area contributed by atoms with E-state index < -0.39 is 23.7 Å². The van der Waals surface area contributed by atoms with Gasteiger partial charge in [0.15, 0.2) is 0 Å². The molecule has 0 unspecified atom stereocenters. The first-order valence-corrected chi connectivity index (χ1v) is 4.88. The van der Waals surface area contributed by atoms with Crippen LogP contribution in [0.15, 0.2) is 28.5 Å². The van der Waals surface area contributed by atoms with Crippen molar-refractivity contribution in [1.82, 2.24) is 9.55 Å². The number of nitrogens with two attached hydrogens (primary N) is 1. The van der Waals surface area contributed by atoms with Crippen LogP contribution in [0.5, 0.6) is 0 Å². The molecule has 3 N–H and O–H groups in total. The summed E-state index contributed by atoms with van der Waals surface area (Å²) >= 11 is 0. The Morgan fingerprint density at radius 3 is 2.88 bits per heavy atom. The summed E-state index contributed by atoms with van der Waals surface area (Å²) in [6.45, 7) is 1.59. The van der Waals surface area contributed by atoms with Gasteiger partial charge >= 0.3 is 5.69 Å². The second kappa shape index (κ2) is 3.71. The number of aromatic nitrogens is 2. The Bertz CT molecular complexity index is 509. The molecular formula is C10H12FN3O2. The van der Waals surface area contributed by atoms with Crippen LogP contribution in [0.4, 0.5) is 10.2 Å². The van der Waals surface area contributed by atoms with Crippen molar-refractivity contribution in [1.29, 1.82) is 0 Å². The summed E-state index contributed by atoms with van der Waals surface area (Å²) in [6.07, 6.45) is 0.646. The van der Waals surface area contributed by atoms with E-state index in [1.54, 1.807) is 6.92 Å². The van der Waals surface area contributed by atoms with E-state index in [9.17, 15) is 14.3 Å². The molecule has 86 valence electrons. The predicted molar refractivity (Wildman–Crippen MR) is 56.4 cm³/mol. The maximum absolute atomic E-state index is 13.7. The SMILES string of the molecule is CC1=C(F)[C@@H](n2ccc(N)nc2=O)[C@H](O)C1. The maximum Gasteiger partial charge on any atom is 0.350 e. The number of anilines is 1. The van der Waals surface area contributed by atoms with Gasteiger partial charge in [-0.15, -0.1) is 0 Å². The minimum atomic E-state index is -0.972. The van der Waals surface area contributed by atoms with Crippen molar-refractivity contribution in [3.05, 3.63) is 34.1 Å². The van der Waals surface area contributed by atoms with Gasteiger partial charge in [-0.25, -0.2) is 9.18 Å². The molecule has 5 nitrogen and oxygen atoms in total. The van der Waals surface area contributed by atoms with Crippen molar-refractivity contribution >= 4 is 5.82 Å². The molecule has 1 aliphatic rings. The first-order chi connectivity index (χ1) is 7.50. The monoisotopic (exact) mass is 225 g/mol. The number of halogens is 1. The second-order valence-electron chi connectivity index (χ2n) is 3.89. The molecule has 0 bridgehead atoms. The van der Waals surface area contributed by atoms with E-state index in [1.165, 1.54) is 12.3 Å². The van der Waals surface area contributed by atoms with Crippen LogP contribution in [0.3, 0.4) is 0 Å². The molecule has 1 aromatic rings. The van der Waals surface area contributed by atoms with Crippen molar-refractivity contribution in [2.24, 2.45) is 0 Å². The highest BCUT2D eigenvalue weighted by molar-refractivity contribution is 5.26. The van der Waals surface area contributed by atoms with Crippen molar-refractivity contribution in [2.75, 3.05) is 5.73 Å². The van der Waals surface area contributed by atoms with Crippen LogP contribution < -0.4 is 11.4 Å². The molecule has 0 radical (unpaired) electrons. The van der Waals surface area contributed by atoms with Gasteiger partial charge in [-0.2, -0.15) is 4.98 Å². The van der Waals surface area contributed by atoms with Gasteiger partial charge < -0.3 is 10.8 Å². The van der Waals surface area contributed by atoms with Gasteiger partial charge in [0.2, 0.25) is 0 Å². The zero-order chi connectivity index (χ0) is 11.9. The minimum Gasteiger partial charge on any atom is -0.390 e. The lowest BCUT2D eigenvalue weighted by atomic mass is 10.2. The maximum atomic E-state index is 13.7. The summed E-state index contributed by atoms with van der Waals surface area (Å²) in [5, 5.41) is 9.68. The lowest BCUT2D eigenvalue weighted by Crippen LogP contribution is -2.32. The van der Waals surface area contributed by atoms with Crippen molar-refractivity contribution < 1.29 is 9.50 Å². The molecule has 1 aliphatic carbocycles. The van der Waals surface area contributed by atoms with Gasteiger partial charge in [0.1, 0.15) is 17.7 Å². The van der Waals surface area contributed by atoms with E-state index in [2.05, 4.69) is 4.98 Å². The van der Waals surface area contributed by atoms with Crippen LogP contribution in [0.2, 0.25) is 0 Å². The largest absolute Gasteiger partial charge is 0.390 e. The van der Waals surface area contributed by atoms with E-state index in [1.807, 2.05) is 0 Å². The fraction of sp³-hybridized carbons (Fsp3) is 0.400. The Hall–Kier alpha value is -1.69. The molecule has 1 heterocycles. The molecule has 0 aromatic carbocycles. The molecule has 1 aromatic heterocycles. The Labute approximate surface area is 91.0 Å². The molecule has 0 aliphatic heterocycles. The summed E-state index contributed by atoms with van der Waals surface area (Å²) < 4.78 is 14.8. The molecule has 2 rings (SSSR count). The van der Waals surface area contributed by atoms with E-state index >= 15 is 0 Å². The van der Waals surface area contributed by atoms with Crippen LogP contribution in [0.1, 0.15) is 19.4 Å². The molecule has 0 saturated heterocycles. The molecule has 16 heavy (non-hydrogen) atoms. The standard InChI is InChI=1S/C10H12FN3O2/c1-5-4-6(15)9(8(5)11)14-3-2-7(12)13-10(14)16/h2-3,6,9,15H,4H2,1H3,(H2,12,13,16)/t6-,9+/m1/s1. The Balaban J connectivity index is 2.49. The number of hydrogen-bond acceptors (Lipinski definition) is 4. The van der Waals surface area contributed by atoms with E-state index in [4.69, 9.17) is 5.73 Å². The Morgan fingerprint density at radius 1 is 1.69 bits per heavy atom. The van der Waals surface area contributed by atoms with Crippen LogP contribution in [-0.2, 0) is 0 Å². The lowest BCUT2D eigenvalue weighted by Gasteiger charge is -2.17. The number of aliphatic hydroxyl groups is 1. The summed E-state index contributed by atoms with van der Waals surface area (Å²) in [4.78, 5) is 15.0. The molecule has 0 saturated carbocycles. The average molecular weight is 225 g/mol. The highest BCUT2D eigenvalue weighted by Gasteiger charge is 2.34. The normalized spacial score (nSPS) is 25.2. The van der Waals surface area contributed by atoms with E-state index in [-0.39, 0.29) is 12.2 Å². The second-order valence-corrected chi connectivity index (χ2v) is 3.89. The fourth-order valence-corrected chi connectivity index (χ4v) is 1.89. The topological polar surface area (TPSA) is 81.1 Å². The van der Waals surface area contributed by atoms with Crippen LogP contribution in [-0.4, -0.2) is 20.8 Å². The Morgan fingerprint density at radius 2 is 2.38 bits per heavy atom. The van der Waals surface area contributed by atoms with Gasteiger partial charge in [0.05, 0.1) is 6.10 Å². The summed E-state index contributed by atoms with van der Waals surface area (Å²) in [6, 6.07) is 0.426. The minimum absolute atomic E-state index is 0.0786. The zero-order valence-electron chi connectivity index (χ0n) is 8.72. The molecule has 0 amide bonds. The number of nitrogen functional groups attached to an aromatic ring is 1. The third-order valence-corrected chi connectivity index (χ3v) is 2.70. The number of aliphatic hydroxyl groups excluding tert-OH is 1. The highest BCUT2D eigenvalue weighted by atomic mass is 19.1. The van der Waals surface area contributed by atoms with Gasteiger partial charge in [-0.1, -0.05) is 0 Å². The molecule has 0 fully saturated rings. The van der Waals surface area contributed by atoms with Crippen molar-refractivity contribution in [2.45, 2.75) is 25.5 Å². The quantitative estimate of drug-likeness (QED) is 0.723. The predicted octanol–water partition coefficient (Wildman–Crippen LogP) is 0.375. The van der Waals surface area contributed by atoms with Crippen molar-refractivity contribution in [3.8, 4) is 0 Å². The molecule has 0 spiro atoms. The van der Waals surface area contributed by atoms with Crippen molar-refractivity contribution in [3.63, 3.8) is 0 Å². The average Bonchev–Trinajstić information content (AvgIpc) is 2.43. The van der Waals surface area contributed by atoms with Crippen LogP contribution in [0.25, 0.3) is 0 Å². The first-order valence-electron chi connectivity index (χ1n) is 4.88. The van der Waals surface area contributed by atoms with E-state index in [0.717, 1.165) is 4.57 Å². The third-order valence-electron chi connectivity index (χ3n) is 2.70. The summed E-state index contributed by atoms with van der Waals surface area (Å²) in [5.74, 6) is -0.393. The number of hydrogen-bond donors (Lipinski definition) is 2. The Kier molecular flexibility index (Phi) is 2.51. The number of nitrogens with zero attached hydrogens (tertiary/aromatic N) is 2. The van der Waals surface area contributed by atoms with Crippen LogP contribution in [0, 0.1) is 0 Å². The smallest absolute Gasteiger partial charge is 0.350 e. The van der Waals surface area contributed by atoms with Gasteiger partial charge in [-0.3, -0.25) is 4.57 Å². The fourth-order valence-electron chi connectivity index (χ4n) is 1.89. The zero-order valence-corrected chi connectivity index (χ0v) is 8.72. The summed E-state index contributed by atoms with van der Waals surface area (Å²) in [5.41, 5.74) is 5.13. The molecule has 6 heteroatoms. The third kappa shape index (κ3) is 1.61. The van der Waals surface area contributed by atoms with Gasteiger partial charge in [0, 0.05) is 6.20 Å². The summed E-state index contributed by atoms with van der Waals surface area (Å²) in [7, 11) is 0. The molecular weight excluding hydrogens is 213 g/mol. The van der Waals surface area contributed by atoms with Crippen LogP contribution >= 0.6 is 0 Å². The molecule has 2 atom stereocenters.